The van der Waals surface area contributed by atoms with Crippen LogP contribution < -0.4 is 0 Å². The van der Waals surface area contributed by atoms with Gasteiger partial charge >= 0.3 is 5.97 Å². The molecular weight excluding hydrogens is 203 g/mol. The molecule has 72 valence electrons. The quantitative estimate of drug-likeness (QED) is 0.785. The van der Waals surface area contributed by atoms with Gasteiger partial charge in [-0.2, -0.15) is 0 Å². The normalized spacial score (nSPS) is 10.7. The van der Waals surface area contributed by atoms with Gasteiger partial charge in [0.2, 0.25) is 0 Å². The number of aryl methyl sites for hydroxylation is 1. The average molecular weight is 210 g/mol. The van der Waals surface area contributed by atoms with E-state index in [0.29, 0.717) is 15.0 Å². The molecule has 1 N–H and O–H groups in total. The molecule has 0 fully saturated rings. The van der Waals surface area contributed by atoms with Gasteiger partial charge in [-0.1, -0.05) is 0 Å². The van der Waals surface area contributed by atoms with Crippen LogP contribution in [0.3, 0.4) is 0 Å². The van der Waals surface area contributed by atoms with Gasteiger partial charge in [-0.25, -0.2) is 9.18 Å². The Bertz CT molecular complexity index is 516. The molecule has 0 aliphatic rings. The van der Waals surface area contributed by atoms with Crippen molar-refractivity contribution in [2.75, 3.05) is 0 Å². The smallest absolute Gasteiger partial charge is 0.337 e. The number of hydrogen-bond donors (Lipinski definition) is 1. The van der Waals surface area contributed by atoms with Crippen molar-refractivity contribution in [2.45, 2.75) is 6.92 Å². The topological polar surface area (TPSA) is 37.3 Å². The minimum atomic E-state index is -0.958. The van der Waals surface area contributed by atoms with Crippen molar-refractivity contribution < 1.29 is 14.3 Å². The fraction of sp³-hybridized carbons (Fsp3) is 0.100. The van der Waals surface area contributed by atoms with E-state index < -0.39 is 5.97 Å². The molecule has 2 rings (SSSR count). The SMILES string of the molecule is Cc1sc2cc(F)ccc2c1C(=O)O. The van der Waals surface area contributed by atoms with Gasteiger partial charge in [0.1, 0.15) is 5.82 Å². The molecule has 0 saturated carbocycles. The van der Waals surface area contributed by atoms with E-state index in [-0.39, 0.29) is 11.4 Å². The lowest BCUT2D eigenvalue weighted by molar-refractivity contribution is 0.0699. The molecule has 0 atom stereocenters. The number of carboxylic acids is 1. The molecule has 2 aromatic rings. The number of benzene rings is 1. The van der Waals surface area contributed by atoms with Gasteiger partial charge in [0.05, 0.1) is 5.56 Å². The predicted octanol–water partition coefficient (Wildman–Crippen LogP) is 3.05. The van der Waals surface area contributed by atoms with Crippen molar-refractivity contribution in [3.05, 3.63) is 34.5 Å². The van der Waals surface area contributed by atoms with Crippen LogP contribution in [0.15, 0.2) is 18.2 Å². The summed E-state index contributed by atoms with van der Waals surface area (Å²) in [5.74, 6) is -1.30. The number of hydrogen-bond acceptors (Lipinski definition) is 2. The van der Waals surface area contributed by atoms with E-state index in [9.17, 15) is 9.18 Å². The van der Waals surface area contributed by atoms with E-state index in [2.05, 4.69) is 0 Å². The summed E-state index contributed by atoms with van der Waals surface area (Å²) >= 11 is 1.30. The van der Waals surface area contributed by atoms with Crippen LogP contribution in [-0.4, -0.2) is 11.1 Å². The van der Waals surface area contributed by atoms with Gasteiger partial charge in [-0.3, -0.25) is 0 Å². The van der Waals surface area contributed by atoms with Gasteiger partial charge in [0, 0.05) is 15.0 Å². The highest BCUT2D eigenvalue weighted by Crippen LogP contribution is 2.31. The zero-order valence-electron chi connectivity index (χ0n) is 7.37. The molecule has 0 spiro atoms. The van der Waals surface area contributed by atoms with Crippen molar-refractivity contribution in [1.82, 2.24) is 0 Å². The van der Waals surface area contributed by atoms with E-state index in [4.69, 9.17) is 5.11 Å². The Balaban J connectivity index is 2.84. The lowest BCUT2D eigenvalue weighted by Gasteiger charge is -1.93. The van der Waals surface area contributed by atoms with E-state index in [0.717, 1.165) is 0 Å². The number of aromatic carboxylic acids is 1. The third-order valence-electron chi connectivity index (χ3n) is 2.04. The molecule has 0 saturated heterocycles. The average Bonchev–Trinajstić information content (AvgIpc) is 2.39. The third-order valence-corrected chi connectivity index (χ3v) is 3.11. The first-order valence-corrected chi connectivity index (χ1v) is 4.83. The summed E-state index contributed by atoms with van der Waals surface area (Å²) in [6.45, 7) is 1.73. The summed E-state index contributed by atoms with van der Waals surface area (Å²) in [5, 5.41) is 9.55. The lowest BCUT2D eigenvalue weighted by Crippen LogP contribution is -1.96. The molecule has 2 nitrogen and oxygen atoms in total. The van der Waals surface area contributed by atoms with Crippen molar-refractivity contribution in [3.8, 4) is 0 Å². The molecule has 0 radical (unpaired) electrons. The summed E-state index contributed by atoms with van der Waals surface area (Å²) in [6, 6.07) is 4.15. The fourth-order valence-electron chi connectivity index (χ4n) is 1.46. The van der Waals surface area contributed by atoms with Gasteiger partial charge < -0.3 is 5.11 Å². The molecule has 0 aliphatic heterocycles. The minimum Gasteiger partial charge on any atom is -0.478 e. The molecule has 0 aliphatic carbocycles. The van der Waals surface area contributed by atoms with E-state index in [1.54, 1.807) is 6.92 Å². The van der Waals surface area contributed by atoms with Gasteiger partial charge in [-0.15, -0.1) is 11.3 Å². The van der Waals surface area contributed by atoms with Crippen molar-refractivity contribution in [1.29, 1.82) is 0 Å². The summed E-state index contributed by atoms with van der Waals surface area (Å²) in [7, 11) is 0. The second kappa shape index (κ2) is 3.06. The molecule has 1 aromatic carbocycles. The van der Waals surface area contributed by atoms with Gasteiger partial charge in [0.25, 0.3) is 0 Å². The maximum atomic E-state index is 12.8. The molecule has 14 heavy (non-hydrogen) atoms. The molecule has 1 heterocycles. The second-order valence-electron chi connectivity index (χ2n) is 2.98. The first-order valence-electron chi connectivity index (χ1n) is 4.01. The summed E-state index contributed by atoms with van der Waals surface area (Å²) in [5.41, 5.74) is 0.282. The highest BCUT2D eigenvalue weighted by Gasteiger charge is 2.15. The highest BCUT2D eigenvalue weighted by atomic mass is 32.1. The van der Waals surface area contributed by atoms with Crippen LogP contribution in [-0.2, 0) is 0 Å². The van der Waals surface area contributed by atoms with Crippen LogP contribution in [0.5, 0.6) is 0 Å². The summed E-state index contributed by atoms with van der Waals surface area (Å²) in [6.07, 6.45) is 0. The van der Waals surface area contributed by atoms with Crippen molar-refractivity contribution >= 4 is 27.4 Å². The number of fused-ring (bicyclic) bond motifs is 1. The maximum absolute atomic E-state index is 12.8. The number of halogens is 1. The minimum absolute atomic E-state index is 0.282. The lowest BCUT2D eigenvalue weighted by atomic mass is 10.1. The van der Waals surface area contributed by atoms with Crippen LogP contribution in [0.4, 0.5) is 4.39 Å². The van der Waals surface area contributed by atoms with Crippen LogP contribution >= 0.6 is 11.3 Å². The molecular formula is C10H7FO2S. The fourth-order valence-corrected chi connectivity index (χ4v) is 2.54. The van der Waals surface area contributed by atoms with Gasteiger partial charge in [-0.05, 0) is 25.1 Å². The molecule has 0 unspecified atom stereocenters. The van der Waals surface area contributed by atoms with Crippen LogP contribution in [0, 0.1) is 12.7 Å². The Morgan fingerprint density at radius 1 is 1.50 bits per heavy atom. The van der Waals surface area contributed by atoms with Crippen molar-refractivity contribution in [2.24, 2.45) is 0 Å². The number of rotatable bonds is 1. The highest BCUT2D eigenvalue weighted by molar-refractivity contribution is 7.19. The molecule has 4 heteroatoms. The van der Waals surface area contributed by atoms with E-state index >= 15 is 0 Å². The van der Waals surface area contributed by atoms with Crippen LogP contribution in [0.25, 0.3) is 10.1 Å². The van der Waals surface area contributed by atoms with Gasteiger partial charge in [0.15, 0.2) is 0 Å². The van der Waals surface area contributed by atoms with E-state index in [1.165, 1.54) is 29.5 Å². The van der Waals surface area contributed by atoms with Crippen LogP contribution in [0.1, 0.15) is 15.2 Å². The summed E-state index contributed by atoms with van der Waals surface area (Å²) < 4.78 is 13.5. The molecule has 0 bridgehead atoms. The Kier molecular flexibility index (Phi) is 2.00. The Hall–Kier alpha value is -1.42. The Labute approximate surface area is 83.6 Å². The maximum Gasteiger partial charge on any atom is 0.337 e. The first kappa shape index (κ1) is 9.15. The number of carboxylic acid groups (broad SMARTS) is 1. The predicted molar refractivity (Wildman–Crippen MR) is 53.5 cm³/mol. The number of thiophene rings is 1. The standard InChI is InChI=1S/C10H7FO2S/c1-5-9(10(12)13)7-3-2-6(11)4-8(7)14-5/h2-4H,1H3,(H,12,13). The zero-order chi connectivity index (χ0) is 10.3. The number of carbonyl (C=O) groups is 1. The van der Waals surface area contributed by atoms with Crippen molar-refractivity contribution in [3.63, 3.8) is 0 Å². The Morgan fingerprint density at radius 3 is 2.86 bits per heavy atom. The summed E-state index contributed by atoms with van der Waals surface area (Å²) in [4.78, 5) is 11.6. The largest absolute Gasteiger partial charge is 0.478 e. The second-order valence-corrected chi connectivity index (χ2v) is 4.24. The first-order chi connectivity index (χ1) is 6.59. The molecule has 1 aromatic heterocycles. The Morgan fingerprint density at radius 2 is 2.21 bits per heavy atom. The van der Waals surface area contributed by atoms with Crippen LogP contribution in [0.2, 0.25) is 0 Å². The molecule has 0 amide bonds. The third kappa shape index (κ3) is 1.28. The zero-order valence-corrected chi connectivity index (χ0v) is 8.19. The monoisotopic (exact) mass is 210 g/mol. The van der Waals surface area contributed by atoms with E-state index in [1.807, 2.05) is 0 Å².